The number of hydrogen-bond donors (Lipinski definition) is 2. The van der Waals surface area contributed by atoms with E-state index in [1.165, 1.54) is 23.1 Å². The number of carbonyl (C=O) groups is 1. The molecule has 1 heterocycles. The summed E-state index contributed by atoms with van der Waals surface area (Å²) in [7, 11) is 3.11. The minimum atomic E-state index is -4.61. The van der Waals surface area contributed by atoms with Crippen LogP contribution in [-0.2, 0) is 6.18 Å². The van der Waals surface area contributed by atoms with Gasteiger partial charge in [-0.25, -0.2) is 9.37 Å². The maximum absolute atomic E-state index is 13.5. The minimum Gasteiger partial charge on any atom is -0.363 e. The van der Waals surface area contributed by atoms with E-state index in [0.29, 0.717) is 0 Å². The number of hydrogen-bond acceptors (Lipinski definition) is 5. The van der Waals surface area contributed by atoms with Gasteiger partial charge < -0.3 is 15.5 Å². The summed E-state index contributed by atoms with van der Waals surface area (Å²) < 4.78 is 52.2. The third-order valence-corrected chi connectivity index (χ3v) is 3.27. The smallest absolute Gasteiger partial charge is 0.363 e. The molecular formula is C16H17F4N5O. The van der Waals surface area contributed by atoms with Gasteiger partial charge in [-0.15, -0.1) is 0 Å². The Labute approximate surface area is 147 Å². The number of nitrogens with one attached hydrogen (secondary N) is 2. The predicted octanol–water partition coefficient (Wildman–Crippen LogP) is 2.54. The number of anilines is 2. The molecule has 26 heavy (non-hydrogen) atoms. The van der Waals surface area contributed by atoms with Crippen molar-refractivity contribution in [3.05, 3.63) is 47.4 Å². The van der Waals surface area contributed by atoms with E-state index in [-0.39, 0.29) is 30.4 Å². The first-order valence-electron chi connectivity index (χ1n) is 7.58. The molecule has 0 aliphatic carbocycles. The Bertz CT molecular complexity index is 779. The van der Waals surface area contributed by atoms with Gasteiger partial charge in [-0.3, -0.25) is 4.79 Å². The number of alkyl halides is 3. The van der Waals surface area contributed by atoms with E-state index in [1.54, 1.807) is 14.1 Å². The molecule has 0 bridgehead atoms. The summed E-state index contributed by atoms with van der Waals surface area (Å²) in [5.74, 6) is -1.41. The third kappa shape index (κ3) is 5.04. The first-order chi connectivity index (χ1) is 12.2. The van der Waals surface area contributed by atoms with Gasteiger partial charge in [0.15, 0.2) is 5.69 Å². The number of aromatic nitrogens is 2. The van der Waals surface area contributed by atoms with E-state index in [1.807, 2.05) is 0 Å². The molecule has 0 unspecified atom stereocenters. The topological polar surface area (TPSA) is 70.2 Å². The Balaban J connectivity index is 1.98. The molecule has 0 radical (unpaired) electrons. The molecular weight excluding hydrogens is 354 g/mol. The second-order valence-electron chi connectivity index (χ2n) is 5.49. The molecule has 0 aliphatic rings. The van der Waals surface area contributed by atoms with Crippen LogP contribution in [0.25, 0.3) is 0 Å². The van der Waals surface area contributed by atoms with Crippen molar-refractivity contribution in [2.75, 3.05) is 37.4 Å². The van der Waals surface area contributed by atoms with Crippen molar-refractivity contribution in [3.8, 4) is 0 Å². The predicted molar refractivity (Wildman–Crippen MR) is 88.6 cm³/mol. The Morgan fingerprint density at radius 1 is 1.15 bits per heavy atom. The van der Waals surface area contributed by atoms with Crippen molar-refractivity contribution in [2.45, 2.75) is 6.18 Å². The van der Waals surface area contributed by atoms with Crippen LogP contribution in [-0.4, -0.2) is 43.1 Å². The first-order valence-corrected chi connectivity index (χ1v) is 7.58. The summed E-state index contributed by atoms with van der Waals surface area (Å²) in [4.78, 5) is 20.7. The Hall–Kier alpha value is -2.91. The summed E-state index contributed by atoms with van der Waals surface area (Å²) in [5.41, 5.74) is -1.19. The van der Waals surface area contributed by atoms with E-state index >= 15 is 0 Å². The average Bonchev–Trinajstić information content (AvgIpc) is 2.58. The van der Waals surface area contributed by atoms with Gasteiger partial charge in [-0.05, 0) is 12.1 Å². The molecule has 0 saturated heterocycles. The normalized spacial score (nSPS) is 11.2. The van der Waals surface area contributed by atoms with Gasteiger partial charge in [0.2, 0.25) is 5.95 Å². The molecule has 0 fully saturated rings. The van der Waals surface area contributed by atoms with E-state index < -0.39 is 23.6 Å². The van der Waals surface area contributed by atoms with Gasteiger partial charge >= 0.3 is 6.18 Å². The van der Waals surface area contributed by atoms with Gasteiger partial charge in [0, 0.05) is 33.3 Å². The highest BCUT2D eigenvalue weighted by molar-refractivity contribution is 5.94. The zero-order valence-corrected chi connectivity index (χ0v) is 14.1. The van der Waals surface area contributed by atoms with Crippen molar-refractivity contribution in [2.24, 2.45) is 0 Å². The summed E-state index contributed by atoms with van der Waals surface area (Å²) in [6.07, 6.45) is -4.61. The Morgan fingerprint density at radius 3 is 2.46 bits per heavy atom. The molecule has 0 saturated carbocycles. The molecule has 0 spiro atoms. The molecule has 10 heteroatoms. The SMILES string of the molecule is CN(C)c1cc(C(F)(F)F)nc(NCCNC(=O)c2ccccc2F)n1. The summed E-state index contributed by atoms with van der Waals surface area (Å²) in [6.45, 7) is 0.110. The van der Waals surface area contributed by atoms with E-state index in [4.69, 9.17) is 0 Å². The number of nitrogens with zero attached hydrogens (tertiary/aromatic N) is 3. The number of carbonyl (C=O) groups excluding carboxylic acids is 1. The first kappa shape index (κ1) is 19.4. The van der Waals surface area contributed by atoms with Crippen molar-refractivity contribution >= 4 is 17.7 Å². The minimum absolute atomic E-state index is 0.0457. The average molecular weight is 371 g/mol. The zero-order chi connectivity index (χ0) is 19.3. The lowest BCUT2D eigenvalue weighted by Gasteiger charge is -2.16. The van der Waals surface area contributed by atoms with Crippen molar-refractivity contribution in [3.63, 3.8) is 0 Å². The van der Waals surface area contributed by atoms with Crippen LogP contribution in [0.15, 0.2) is 30.3 Å². The second-order valence-corrected chi connectivity index (χ2v) is 5.49. The fourth-order valence-corrected chi connectivity index (χ4v) is 1.98. The van der Waals surface area contributed by atoms with Crippen LogP contribution in [0.2, 0.25) is 0 Å². The molecule has 0 atom stereocenters. The van der Waals surface area contributed by atoms with Crippen LogP contribution >= 0.6 is 0 Å². The highest BCUT2D eigenvalue weighted by atomic mass is 19.4. The summed E-state index contributed by atoms with van der Waals surface area (Å²) in [5, 5.41) is 5.08. The number of rotatable bonds is 6. The molecule has 2 aromatic rings. The molecule has 0 aliphatic heterocycles. The molecule has 2 N–H and O–H groups in total. The standard InChI is InChI=1S/C16H17F4N5O/c1-25(2)13-9-12(16(18,19)20)23-15(24-13)22-8-7-21-14(26)10-5-3-4-6-11(10)17/h3-6,9H,7-8H2,1-2H3,(H,21,26)(H,22,23,24). The van der Waals surface area contributed by atoms with Crippen LogP contribution in [0, 0.1) is 5.82 Å². The van der Waals surface area contributed by atoms with Crippen molar-refractivity contribution in [1.82, 2.24) is 15.3 Å². The highest BCUT2D eigenvalue weighted by Crippen LogP contribution is 2.30. The molecule has 1 amide bonds. The van der Waals surface area contributed by atoms with Gasteiger partial charge in [0.1, 0.15) is 11.6 Å². The summed E-state index contributed by atoms with van der Waals surface area (Å²) >= 11 is 0. The fourth-order valence-electron chi connectivity index (χ4n) is 1.98. The van der Waals surface area contributed by atoms with Crippen LogP contribution < -0.4 is 15.5 Å². The van der Waals surface area contributed by atoms with Gasteiger partial charge in [0.25, 0.3) is 5.91 Å². The molecule has 6 nitrogen and oxygen atoms in total. The van der Waals surface area contributed by atoms with Gasteiger partial charge in [-0.2, -0.15) is 18.2 Å². The van der Waals surface area contributed by atoms with Gasteiger partial charge in [0.05, 0.1) is 5.56 Å². The molecule has 1 aromatic heterocycles. The van der Waals surface area contributed by atoms with Crippen LogP contribution in [0.5, 0.6) is 0 Å². The Morgan fingerprint density at radius 2 is 1.85 bits per heavy atom. The third-order valence-electron chi connectivity index (χ3n) is 3.27. The maximum Gasteiger partial charge on any atom is 0.433 e. The van der Waals surface area contributed by atoms with E-state index in [0.717, 1.165) is 12.1 Å². The Kier molecular flexibility index (Phi) is 5.96. The lowest BCUT2D eigenvalue weighted by Crippen LogP contribution is -2.30. The zero-order valence-electron chi connectivity index (χ0n) is 14.1. The van der Waals surface area contributed by atoms with Crippen LogP contribution in [0.1, 0.15) is 16.1 Å². The quantitative estimate of drug-likeness (QED) is 0.603. The molecule has 1 aromatic carbocycles. The highest BCUT2D eigenvalue weighted by Gasteiger charge is 2.34. The molecule has 140 valence electrons. The lowest BCUT2D eigenvalue weighted by atomic mass is 10.2. The van der Waals surface area contributed by atoms with E-state index in [9.17, 15) is 22.4 Å². The number of benzene rings is 1. The monoisotopic (exact) mass is 371 g/mol. The van der Waals surface area contributed by atoms with E-state index in [2.05, 4.69) is 20.6 Å². The van der Waals surface area contributed by atoms with Crippen molar-refractivity contribution < 1.29 is 22.4 Å². The summed E-state index contributed by atoms with van der Waals surface area (Å²) in [6, 6.07) is 6.31. The van der Waals surface area contributed by atoms with Crippen molar-refractivity contribution in [1.29, 1.82) is 0 Å². The van der Waals surface area contributed by atoms with Gasteiger partial charge in [-0.1, -0.05) is 12.1 Å². The maximum atomic E-state index is 13.5. The number of halogens is 4. The lowest BCUT2D eigenvalue weighted by molar-refractivity contribution is -0.141. The fraction of sp³-hybridized carbons (Fsp3) is 0.312. The second kappa shape index (κ2) is 7.98. The van der Waals surface area contributed by atoms with Crippen LogP contribution in [0.3, 0.4) is 0 Å². The largest absolute Gasteiger partial charge is 0.433 e. The van der Waals surface area contributed by atoms with Crippen LogP contribution in [0.4, 0.5) is 29.3 Å². The number of amides is 1. The molecule has 2 rings (SSSR count).